The maximum atomic E-state index is 12.7. The van der Waals surface area contributed by atoms with Crippen LogP contribution >= 0.6 is 11.6 Å². The number of amides is 2. The van der Waals surface area contributed by atoms with Gasteiger partial charge in [-0.25, -0.2) is 4.79 Å². The number of carbonyl (C=O) groups excluding carboxylic acids is 1. The van der Waals surface area contributed by atoms with Crippen LogP contribution in [-0.2, 0) is 6.54 Å². The summed E-state index contributed by atoms with van der Waals surface area (Å²) in [7, 11) is 0. The summed E-state index contributed by atoms with van der Waals surface area (Å²) in [5.74, 6) is 0.665. The summed E-state index contributed by atoms with van der Waals surface area (Å²) >= 11 is 5.99. The van der Waals surface area contributed by atoms with Crippen molar-refractivity contribution in [3.63, 3.8) is 0 Å². The average Bonchev–Trinajstić information content (AvgIpc) is 2.84. The van der Waals surface area contributed by atoms with Crippen molar-refractivity contribution in [2.45, 2.75) is 45.2 Å². The van der Waals surface area contributed by atoms with Gasteiger partial charge in [0.1, 0.15) is 0 Å². The van der Waals surface area contributed by atoms with Gasteiger partial charge < -0.3 is 14.7 Å². The highest BCUT2D eigenvalue weighted by atomic mass is 35.5. The first-order valence-corrected chi connectivity index (χ1v) is 8.73. The quantitative estimate of drug-likeness (QED) is 0.891. The Bertz CT molecular complexity index is 684. The van der Waals surface area contributed by atoms with Crippen molar-refractivity contribution in [1.82, 2.24) is 15.4 Å². The average molecular weight is 348 g/mol. The Kier molecular flexibility index (Phi) is 5.41. The lowest BCUT2D eigenvalue weighted by Crippen LogP contribution is -2.41. The number of likely N-dealkylation sites (tertiary alicyclic amines) is 1. The molecule has 2 heterocycles. The molecule has 1 aliphatic rings. The van der Waals surface area contributed by atoms with Crippen LogP contribution in [0.1, 0.15) is 48.7 Å². The Hall–Kier alpha value is -2.01. The molecule has 1 atom stereocenters. The molecule has 128 valence electrons. The van der Waals surface area contributed by atoms with Gasteiger partial charge in [-0.3, -0.25) is 0 Å². The molecule has 0 saturated carbocycles. The van der Waals surface area contributed by atoms with Gasteiger partial charge in [-0.1, -0.05) is 41.7 Å². The van der Waals surface area contributed by atoms with Gasteiger partial charge in [-0.15, -0.1) is 0 Å². The van der Waals surface area contributed by atoms with Crippen LogP contribution in [0.15, 0.2) is 34.9 Å². The van der Waals surface area contributed by atoms with Crippen molar-refractivity contribution in [2.24, 2.45) is 0 Å². The number of carbonyl (C=O) groups is 1. The molecule has 0 radical (unpaired) electrons. The van der Waals surface area contributed by atoms with Crippen LogP contribution in [0.2, 0.25) is 5.02 Å². The maximum Gasteiger partial charge on any atom is 0.318 e. The Morgan fingerprint density at radius 2 is 2.12 bits per heavy atom. The van der Waals surface area contributed by atoms with Gasteiger partial charge in [0.15, 0.2) is 5.76 Å². The van der Waals surface area contributed by atoms with Crippen LogP contribution in [0.4, 0.5) is 4.79 Å². The summed E-state index contributed by atoms with van der Waals surface area (Å²) < 4.78 is 5.15. The number of halogens is 1. The number of hydrogen-bond donors (Lipinski definition) is 1. The molecule has 2 aromatic rings. The van der Waals surface area contributed by atoms with Gasteiger partial charge in [0.25, 0.3) is 0 Å². The van der Waals surface area contributed by atoms with Crippen molar-refractivity contribution in [3.05, 3.63) is 52.4 Å². The van der Waals surface area contributed by atoms with Gasteiger partial charge in [0.05, 0.1) is 18.3 Å². The van der Waals surface area contributed by atoms with Crippen LogP contribution < -0.4 is 5.32 Å². The molecule has 1 unspecified atom stereocenters. The number of nitrogens with one attached hydrogen (secondary N) is 1. The number of benzene rings is 1. The van der Waals surface area contributed by atoms with Gasteiger partial charge in [-0.2, -0.15) is 0 Å². The first-order valence-electron chi connectivity index (χ1n) is 8.35. The zero-order chi connectivity index (χ0) is 16.9. The second kappa shape index (κ2) is 7.71. The largest absolute Gasteiger partial charge is 0.359 e. The highest BCUT2D eigenvalue weighted by Crippen LogP contribution is 2.30. The van der Waals surface area contributed by atoms with Gasteiger partial charge in [-0.05, 0) is 37.5 Å². The van der Waals surface area contributed by atoms with Crippen LogP contribution in [0.3, 0.4) is 0 Å². The van der Waals surface area contributed by atoms with E-state index in [0.717, 1.165) is 43.5 Å². The standard InChI is InChI=1S/C18H22ClN3O2/c1-13-11-16(24-21-13)12-20-18(23)22-10-4-2-3-5-17(22)14-6-8-15(19)9-7-14/h6-9,11,17H,2-5,10,12H2,1H3,(H,20,23). The Morgan fingerprint density at radius 1 is 1.33 bits per heavy atom. The summed E-state index contributed by atoms with van der Waals surface area (Å²) in [6.07, 6.45) is 4.27. The molecule has 1 saturated heterocycles. The van der Waals surface area contributed by atoms with E-state index in [1.807, 2.05) is 42.2 Å². The molecule has 5 nitrogen and oxygen atoms in total. The monoisotopic (exact) mass is 347 g/mol. The number of hydrogen-bond acceptors (Lipinski definition) is 3. The van der Waals surface area contributed by atoms with Gasteiger partial charge in [0.2, 0.25) is 0 Å². The van der Waals surface area contributed by atoms with E-state index >= 15 is 0 Å². The molecule has 6 heteroatoms. The third kappa shape index (κ3) is 4.09. The van der Waals surface area contributed by atoms with E-state index in [2.05, 4.69) is 10.5 Å². The summed E-state index contributed by atoms with van der Waals surface area (Å²) in [6.45, 7) is 2.97. The van der Waals surface area contributed by atoms with E-state index in [0.29, 0.717) is 17.3 Å². The maximum absolute atomic E-state index is 12.7. The summed E-state index contributed by atoms with van der Waals surface area (Å²) in [6, 6.07) is 9.65. The zero-order valence-electron chi connectivity index (χ0n) is 13.8. The van der Waals surface area contributed by atoms with E-state index in [1.54, 1.807) is 0 Å². The van der Waals surface area contributed by atoms with Crippen molar-refractivity contribution >= 4 is 17.6 Å². The highest BCUT2D eigenvalue weighted by Gasteiger charge is 2.26. The fraction of sp³-hybridized carbons (Fsp3) is 0.444. The second-order valence-electron chi connectivity index (χ2n) is 6.20. The smallest absolute Gasteiger partial charge is 0.318 e. The fourth-order valence-corrected chi connectivity index (χ4v) is 3.27. The van der Waals surface area contributed by atoms with E-state index in [-0.39, 0.29) is 12.1 Å². The van der Waals surface area contributed by atoms with Crippen LogP contribution in [-0.4, -0.2) is 22.6 Å². The molecule has 0 bridgehead atoms. The SMILES string of the molecule is Cc1cc(CNC(=O)N2CCCCCC2c2ccc(Cl)cc2)on1. The van der Waals surface area contributed by atoms with Crippen molar-refractivity contribution in [2.75, 3.05) is 6.54 Å². The number of rotatable bonds is 3. The van der Waals surface area contributed by atoms with Crippen LogP contribution in [0.5, 0.6) is 0 Å². The molecule has 1 aromatic heterocycles. The van der Waals surface area contributed by atoms with Crippen molar-refractivity contribution in [1.29, 1.82) is 0 Å². The van der Waals surface area contributed by atoms with Crippen molar-refractivity contribution in [3.8, 4) is 0 Å². The molecule has 3 rings (SSSR count). The van der Waals surface area contributed by atoms with E-state index in [1.165, 1.54) is 0 Å². The summed E-state index contributed by atoms with van der Waals surface area (Å²) in [5.41, 5.74) is 1.94. The predicted octanol–water partition coefficient (Wildman–Crippen LogP) is 4.46. The minimum atomic E-state index is -0.0640. The fourth-order valence-electron chi connectivity index (χ4n) is 3.15. The molecular formula is C18H22ClN3O2. The van der Waals surface area contributed by atoms with Gasteiger partial charge >= 0.3 is 6.03 Å². The minimum absolute atomic E-state index is 0.0640. The first-order chi connectivity index (χ1) is 11.6. The molecule has 0 aliphatic carbocycles. The van der Waals surface area contributed by atoms with Crippen molar-refractivity contribution < 1.29 is 9.32 Å². The third-order valence-corrected chi connectivity index (χ3v) is 4.61. The minimum Gasteiger partial charge on any atom is -0.359 e. The summed E-state index contributed by atoms with van der Waals surface area (Å²) in [4.78, 5) is 14.6. The molecule has 0 spiro atoms. The molecule has 1 aromatic carbocycles. The molecule has 1 fully saturated rings. The first kappa shape index (κ1) is 16.8. The second-order valence-corrected chi connectivity index (χ2v) is 6.64. The molecule has 1 aliphatic heterocycles. The lowest BCUT2D eigenvalue weighted by molar-refractivity contribution is 0.174. The Labute approximate surface area is 147 Å². The molecule has 2 amide bonds. The number of aryl methyl sites for hydroxylation is 1. The molecule has 1 N–H and O–H groups in total. The van der Waals surface area contributed by atoms with Crippen LogP contribution in [0, 0.1) is 6.92 Å². The summed E-state index contributed by atoms with van der Waals surface area (Å²) in [5, 5.41) is 7.50. The molecular weight excluding hydrogens is 326 g/mol. The topological polar surface area (TPSA) is 58.4 Å². The number of urea groups is 1. The Balaban J connectivity index is 1.71. The lowest BCUT2D eigenvalue weighted by atomic mass is 10.0. The zero-order valence-corrected chi connectivity index (χ0v) is 14.6. The van der Waals surface area contributed by atoms with Crippen LogP contribution in [0.25, 0.3) is 0 Å². The van der Waals surface area contributed by atoms with E-state index < -0.39 is 0 Å². The number of aromatic nitrogens is 1. The third-order valence-electron chi connectivity index (χ3n) is 4.36. The number of nitrogens with zero attached hydrogens (tertiary/aromatic N) is 2. The lowest BCUT2D eigenvalue weighted by Gasteiger charge is -2.30. The van der Waals surface area contributed by atoms with E-state index in [4.69, 9.17) is 16.1 Å². The highest BCUT2D eigenvalue weighted by molar-refractivity contribution is 6.30. The van der Waals surface area contributed by atoms with Gasteiger partial charge in [0, 0.05) is 17.6 Å². The molecule has 24 heavy (non-hydrogen) atoms. The Morgan fingerprint density at radius 3 is 2.83 bits per heavy atom. The normalized spacial score (nSPS) is 18.2. The predicted molar refractivity (Wildman–Crippen MR) is 92.8 cm³/mol. The van der Waals surface area contributed by atoms with E-state index in [9.17, 15) is 4.79 Å².